The molecule has 0 bridgehead atoms. The number of carbonyl (C=O) groups excluding carboxylic acids is 5. The van der Waals surface area contributed by atoms with E-state index < -0.39 is 41.1 Å². The second-order valence-corrected chi connectivity index (χ2v) is 12.5. The van der Waals surface area contributed by atoms with Gasteiger partial charge in [-0.1, -0.05) is 16.9 Å². The standard InChI is InChI=1S/C27H25N7O10S3.Na/c1-4-41-33-18(15-10-46-26(28)29-15)21(37)30-19-23(38)34-20(25(39)40)14(8-45-24(19)34)9-47-27-32-31-22(44-27)13-5-6-16(42-11(2)35)17(7-13)43-12(3)36;/h5-7,10,19,24H,4,8-9H2,1-3H3,(H2,28,29)(H,30,37)(H,39,40);/q;+1/p-1/t19-,24+;/m1./s1. The maximum Gasteiger partial charge on any atom is 1.00 e. The van der Waals surface area contributed by atoms with Crippen molar-refractivity contribution in [2.24, 2.45) is 5.16 Å². The number of aromatic nitrogens is 3. The van der Waals surface area contributed by atoms with Crippen LogP contribution in [0.3, 0.4) is 0 Å². The summed E-state index contributed by atoms with van der Waals surface area (Å²) < 4.78 is 15.9. The summed E-state index contributed by atoms with van der Waals surface area (Å²) in [5.41, 5.74) is 6.09. The molecule has 3 aromatic rings. The number of nitrogens with two attached hydrogens (primary N) is 1. The molecule has 246 valence electrons. The maximum atomic E-state index is 13.1. The van der Waals surface area contributed by atoms with E-state index in [4.69, 9.17) is 24.5 Å². The predicted octanol–water partition coefficient (Wildman–Crippen LogP) is -2.43. The van der Waals surface area contributed by atoms with Crippen LogP contribution < -0.4 is 55.2 Å². The molecule has 2 aromatic heterocycles. The Bertz CT molecular complexity index is 1830. The number of carbonyl (C=O) groups is 5. The van der Waals surface area contributed by atoms with Crippen molar-refractivity contribution in [2.45, 2.75) is 37.4 Å². The molecule has 4 heterocycles. The molecule has 3 N–H and O–H groups in total. The smallest absolute Gasteiger partial charge is 0.543 e. The van der Waals surface area contributed by atoms with Gasteiger partial charge < -0.3 is 39.7 Å². The number of thiazole rings is 1. The number of hydrogen-bond acceptors (Lipinski definition) is 18. The van der Waals surface area contributed by atoms with Gasteiger partial charge in [-0.3, -0.25) is 24.1 Å². The largest absolute Gasteiger partial charge is 1.00 e. The summed E-state index contributed by atoms with van der Waals surface area (Å²) in [6.45, 7) is 4.24. The fourth-order valence-electron chi connectivity index (χ4n) is 4.37. The quantitative estimate of drug-likeness (QED) is 0.0375. The Morgan fingerprint density at radius 2 is 1.92 bits per heavy atom. The van der Waals surface area contributed by atoms with Crippen LogP contribution in [0.5, 0.6) is 11.5 Å². The summed E-state index contributed by atoms with van der Waals surface area (Å²) in [6.07, 6.45) is 0. The molecular weight excluding hydrogens is 702 g/mol. The van der Waals surface area contributed by atoms with Crippen LogP contribution in [0.4, 0.5) is 5.13 Å². The van der Waals surface area contributed by atoms with Crippen LogP contribution in [-0.2, 0) is 28.8 Å². The Balaban J connectivity index is 0.00000520. The van der Waals surface area contributed by atoms with Gasteiger partial charge in [0.2, 0.25) is 5.89 Å². The average molecular weight is 726 g/mol. The van der Waals surface area contributed by atoms with Crippen molar-refractivity contribution in [2.75, 3.05) is 23.8 Å². The maximum absolute atomic E-state index is 13.1. The van der Waals surface area contributed by atoms with Gasteiger partial charge in [0, 0.05) is 36.3 Å². The van der Waals surface area contributed by atoms with E-state index in [9.17, 15) is 29.1 Å². The van der Waals surface area contributed by atoms with Gasteiger partial charge in [-0.25, -0.2) is 4.98 Å². The fourth-order valence-corrected chi connectivity index (χ4v) is 7.17. The molecule has 2 aliphatic heterocycles. The second kappa shape index (κ2) is 16.0. The molecule has 2 amide bonds. The summed E-state index contributed by atoms with van der Waals surface area (Å²) >= 11 is 3.38. The zero-order valence-electron chi connectivity index (χ0n) is 25.7. The van der Waals surface area contributed by atoms with Gasteiger partial charge in [-0.2, -0.15) is 0 Å². The number of nitrogens with one attached hydrogen (secondary N) is 1. The average Bonchev–Trinajstić information content (AvgIpc) is 3.68. The normalized spacial score (nSPS) is 17.1. The molecule has 1 fully saturated rings. The molecule has 48 heavy (non-hydrogen) atoms. The summed E-state index contributed by atoms with van der Waals surface area (Å²) in [6, 6.07) is 3.27. The Labute approximate surface area is 306 Å². The van der Waals surface area contributed by atoms with Gasteiger partial charge in [0.25, 0.3) is 17.0 Å². The minimum Gasteiger partial charge on any atom is -0.543 e. The second-order valence-electron chi connectivity index (χ2n) is 9.54. The van der Waals surface area contributed by atoms with Crippen molar-refractivity contribution in [3.63, 3.8) is 0 Å². The number of benzene rings is 1. The van der Waals surface area contributed by atoms with Crippen LogP contribution in [0.25, 0.3) is 11.5 Å². The van der Waals surface area contributed by atoms with Crippen molar-refractivity contribution in [3.8, 4) is 23.0 Å². The third-order valence-corrected chi connectivity index (χ3v) is 9.18. The molecule has 0 radical (unpaired) electrons. The van der Waals surface area contributed by atoms with Crippen molar-refractivity contribution in [1.29, 1.82) is 0 Å². The van der Waals surface area contributed by atoms with E-state index in [1.54, 1.807) is 6.92 Å². The molecule has 2 aliphatic rings. The Hall–Kier alpha value is -3.95. The number of ether oxygens (including phenoxy) is 2. The first-order chi connectivity index (χ1) is 22.5. The van der Waals surface area contributed by atoms with Gasteiger partial charge in [-0.05, 0) is 30.7 Å². The van der Waals surface area contributed by atoms with E-state index in [0.717, 1.165) is 28.0 Å². The molecule has 0 unspecified atom stereocenters. The number of carboxylic acids is 1. The van der Waals surface area contributed by atoms with Crippen molar-refractivity contribution in [1.82, 2.24) is 25.4 Å². The minimum atomic E-state index is -1.56. The number of hydrogen-bond donors (Lipinski definition) is 2. The zero-order chi connectivity index (χ0) is 33.8. The summed E-state index contributed by atoms with van der Waals surface area (Å²) in [7, 11) is 0. The SMILES string of the molecule is CCON=C(C(=O)N[C@@H]1C(=O)N2C(C(=O)[O-])=C(CSc3nnc(-c4ccc(OC(C)=O)c(OC(C)=O)c4)o3)CS[C@@H]12)c1csc(N)n1.[Na+]. The van der Waals surface area contributed by atoms with Crippen LogP contribution in [0.15, 0.2) is 49.6 Å². The van der Waals surface area contributed by atoms with Crippen LogP contribution in [0, 0.1) is 0 Å². The Morgan fingerprint density at radius 3 is 2.56 bits per heavy atom. The van der Waals surface area contributed by atoms with Crippen molar-refractivity contribution >= 4 is 75.4 Å². The Morgan fingerprint density at radius 1 is 1.19 bits per heavy atom. The molecule has 0 aliphatic carbocycles. The fraction of sp³-hybridized carbons (Fsp3) is 0.296. The molecule has 1 aromatic carbocycles. The molecule has 5 rings (SSSR count). The van der Waals surface area contributed by atoms with E-state index in [1.165, 1.54) is 49.2 Å². The molecule has 1 saturated heterocycles. The number of nitrogen functional groups attached to an aromatic ring is 1. The van der Waals surface area contributed by atoms with Gasteiger partial charge in [-0.15, -0.1) is 33.3 Å². The number of thioether (sulfide) groups is 2. The summed E-state index contributed by atoms with van der Waals surface area (Å²) in [4.78, 5) is 71.5. The molecule has 2 atom stereocenters. The topological polar surface area (TPSA) is 242 Å². The summed E-state index contributed by atoms with van der Waals surface area (Å²) in [5.74, 6) is -3.90. The van der Waals surface area contributed by atoms with Gasteiger partial charge in [0.05, 0.1) is 11.7 Å². The van der Waals surface area contributed by atoms with E-state index in [-0.39, 0.29) is 92.5 Å². The number of aliphatic carboxylic acids is 1. The number of nitrogens with zero attached hydrogens (tertiary/aromatic N) is 5. The summed E-state index contributed by atoms with van der Waals surface area (Å²) in [5, 5.41) is 27.7. The first kappa shape index (κ1) is 36.9. The van der Waals surface area contributed by atoms with Gasteiger partial charge >= 0.3 is 41.5 Å². The van der Waals surface area contributed by atoms with Crippen LogP contribution in [0.2, 0.25) is 0 Å². The number of oxime groups is 1. The van der Waals surface area contributed by atoms with Crippen LogP contribution >= 0.6 is 34.9 Å². The third kappa shape index (κ3) is 8.18. The van der Waals surface area contributed by atoms with Crippen molar-refractivity contribution < 1.29 is 77.4 Å². The minimum absolute atomic E-state index is 0. The number of esters is 2. The monoisotopic (exact) mass is 725 g/mol. The first-order valence-electron chi connectivity index (χ1n) is 13.5. The van der Waals surface area contributed by atoms with Crippen molar-refractivity contribution in [3.05, 3.63) is 40.5 Å². The van der Waals surface area contributed by atoms with Crippen LogP contribution in [-0.4, -0.2) is 85.0 Å². The number of amides is 2. The number of rotatable bonds is 12. The number of anilines is 1. The van der Waals surface area contributed by atoms with E-state index in [1.807, 2.05) is 0 Å². The molecule has 17 nitrogen and oxygen atoms in total. The molecular formula is C27H24N7NaO10S3. The zero-order valence-corrected chi connectivity index (χ0v) is 30.2. The first-order valence-corrected chi connectivity index (χ1v) is 16.5. The Kier molecular flexibility index (Phi) is 12.3. The number of β-lactam (4-membered cyclic amide) rings is 1. The van der Waals surface area contributed by atoms with E-state index in [2.05, 4.69) is 25.7 Å². The van der Waals surface area contributed by atoms with Crippen LogP contribution in [0.1, 0.15) is 26.5 Å². The predicted molar refractivity (Wildman–Crippen MR) is 165 cm³/mol. The molecule has 0 spiro atoms. The van der Waals surface area contributed by atoms with E-state index in [0.29, 0.717) is 11.1 Å². The van der Waals surface area contributed by atoms with Gasteiger partial charge in [0.15, 0.2) is 22.3 Å². The van der Waals surface area contributed by atoms with Gasteiger partial charge in [0.1, 0.15) is 23.7 Å². The molecule has 0 saturated carbocycles. The number of carboxylic acid groups (broad SMARTS) is 1. The molecule has 21 heteroatoms. The van der Waals surface area contributed by atoms with E-state index >= 15 is 0 Å². The number of fused-ring (bicyclic) bond motifs is 1. The third-order valence-electron chi connectivity index (χ3n) is 6.27.